The number of alkyl halides is 6. The van der Waals surface area contributed by atoms with Gasteiger partial charge in [0.1, 0.15) is 16.3 Å². The van der Waals surface area contributed by atoms with Crippen molar-refractivity contribution in [1.82, 2.24) is 0 Å². The standard InChI is InChI=1S/C21H11Cl3F6N2O5S/c22-13-6-3-10(7-12(13)21(28,29)30)31-19(33)32-17-16(24)14(23)8-15(38(34,35)36)18(17)37-11-4-1-9(2-5-11)20(25,26)27/h1-8H,(H2,31,32,33)(H,34,35,36). The molecule has 0 aromatic heterocycles. The van der Waals surface area contributed by atoms with E-state index in [9.17, 15) is 44.1 Å². The smallest absolute Gasteiger partial charge is 0.417 e. The number of ether oxygens (including phenoxy) is 1. The summed E-state index contributed by atoms with van der Waals surface area (Å²) in [6, 6.07) is 4.63. The number of benzene rings is 3. The third-order valence-electron chi connectivity index (χ3n) is 4.59. The third kappa shape index (κ3) is 6.94. The second kappa shape index (κ2) is 10.7. The average molecular weight is 624 g/mol. The van der Waals surface area contributed by atoms with Crippen molar-refractivity contribution < 1.29 is 48.8 Å². The maximum Gasteiger partial charge on any atom is 0.417 e. The molecule has 3 aromatic carbocycles. The highest BCUT2D eigenvalue weighted by Gasteiger charge is 2.34. The third-order valence-corrected chi connectivity index (χ3v) is 6.56. The van der Waals surface area contributed by atoms with E-state index in [4.69, 9.17) is 39.5 Å². The van der Waals surface area contributed by atoms with E-state index in [1.807, 2.05) is 10.6 Å². The Morgan fingerprint density at radius 3 is 1.97 bits per heavy atom. The van der Waals surface area contributed by atoms with E-state index in [1.165, 1.54) is 0 Å². The predicted molar refractivity (Wildman–Crippen MR) is 127 cm³/mol. The fourth-order valence-electron chi connectivity index (χ4n) is 2.92. The SMILES string of the molecule is O=C(Nc1ccc(Cl)c(C(F)(F)F)c1)Nc1c(Cl)c(Cl)cc(S(=O)(=O)O)c1Oc1ccc(C(F)(F)F)cc1. The summed E-state index contributed by atoms with van der Waals surface area (Å²) in [5.74, 6) is -1.24. The molecule has 0 saturated carbocycles. The molecule has 204 valence electrons. The Morgan fingerprint density at radius 1 is 0.842 bits per heavy atom. The van der Waals surface area contributed by atoms with Crippen LogP contribution in [0, 0.1) is 0 Å². The van der Waals surface area contributed by atoms with E-state index < -0.39 is 76.7 Å². The zero-order valence-corrected chi connectivity index (χ0v) is 21.1. The number of halogens is 9. The van der Waals surface area contributed by atoms with Crippen LogP contribution in [0.2, 0.25) is 15.1 Å². The monoisotopic (exact) mass is 622 g/mol. The minimum Gasteiger partial charge on any atom is -0.454 e. The number of rotatable bonds is 5. The number of carbonyl (C=O) groups excluding carboxylic acids is 1. The zero-order chi connectivity index (χ0) is 28.6. The summed E-state index contributed by atoms with van der Waals surface area (Å²) in [7, 11) is -5.13. The molecule has 0 fully saturated rings. The van der Waals surface area contributed by atoms with E-state index in [1.54, 1.807) is 0 Å². The van der Waals surface area contributed by atoms with Gasteiger partial charge in [-0.05, 0) is 48.5 Å². The molecule has 0 aliphatic heterocycles. The summed E-state index contributed by atoms with van der Waals surface area (Å²) in [6.45, 7) is 0. The predicted octanol–water partition coefficient (Wildman–Crippen LogP) is 8.37. The molecule has 38 heavy (non-hydrogen) atoms. The molecule has 0 aliphatic carbocycles. The highest BCUT2D eigenvalue weighted by molar-refractivity contribution is 7.86. The molecular weight excluding hydrogens is 613 g/mol. The van der Waals surface area contributed by atoms with Crippen LogP contribution in [0.15, 0.2) is 53.4 Å². The van der Waals surface area contributed by atoms with Crippen LogP contribution < -0.4 is 15.4 Å². The fourth-order valence-corrected chi connectivity index (χ4v) is 4.24. The molecule has 0 radical (unpaired) electrons. The summed E-state index contributed by atoms with van der Waals surface area (Å²) in [4.78, 5) is 11.5. The van der Waals surface area contributed by atoms with Crippen molar-refractivity contribution in [2.24, 2.45) is 0 Å². The lowest BCUT2D eigenvalue weighted by atomic mass is 10.2. The lowest BCUT2D eigenvalue weighted by Gasteiger charge is -2.18. The molecule has 0 atom stereocenters. The van der Waals surface area contributed by atoms with Crippen molar-refractivity contribution in [3.8, 4) is 11.5 Å². The minimum atomic E-state index is -5.13. The summed E-state index contributed by atoms with van der Waals surface area (Å²) in [5.41, 5.74) is -3.41. The summed E-state index contributed by atoms with van der Waals surface area (Å²) in [5, 5.41) is 2.40. The molecule has 3 rings (SSSR count). The van der Waals surface area contributed by atoms with Crippen LogP contribution >= 0.6 is 34.8 Å². The number of hydrogen-bond acceptors (Lipinski definition) is 4. The summed E-state index contributed by atoms with van der Waals surface area (Å²) < 4.78 is 117. The van der Waals surface area contributed by atoms with Crippen LogP contribution in [0.5, 0.6) is 11.5 Å². The number of urea groups is 1. The Kier molecular flexibility index (Phi) is 8.34. The van der Waals surface area contributed by atoms with E-state index in [2.05, 4.69) is 0 Å². The molecule has 17 heteroatoms. The van der Waals surface area contributed by atoms with Crippen LogP contribution in [-0.2, 0) is 22.5 Å². The second-order valence-corrected chi connectivity index (χ2v) is 9.83. The number of hydrogen-bond donors (Lipinski definition) is 3. The van der Waals surface area contributed by atoms with Crippen molar-refractivity contribution in [3.63, 3.8) is 0 Å². The molecule has 2 amide bonds. The van der Waals surface area contributed by atoms with E-state index in [-0.39, 0.29) is 5.75 Å². The average Bonchev–Trinajstić information content (AvgIpc) is 2.78. The highest BCUT2D eigenvalue weighted by atomic mass is 35.5. The van der Waals surface area contributed by atoms with Gasteiger partial charge in [-0.25, -0.2) is 4.79 Å². The van der Waals surface area contributed by atoms with Gasteiger partial charge in [0.25, 0.3) is 10.1 Å². The van der Waals surface area contributed by atoms with Crippen molar-refractivity contribution >= 4 is 62.3 Å². The summed E-state index contributed by atoms with van der Waals surface area (Å²) >= 11 is 17.5. The van der Waals surface area contributed by atoms with Gasteiger partial charge >= 0.3 is 18.4 Å². The molecule has 0 spiro atoms. The van der Waals surface area contributed by atoms with Crippen molar-refractivity contribution in [2.75, 3.05) is 10.6 Å². The molecule has 3 N–H and O–H groups in total. The normalized spacial score (nSPS) is 12.3. The first-order valence-electron chi connectivity index (χ1n) is 9.67. The highest BCUT2D eigenvalue weighted by Crippen LogP contribution is 2.45. The Morgan fingerprint density at radius 2 is 1.45 bits per heavy atom. The van der Waals surface area contributed by atoms with E-state index in [0.29, 0.717) is 24.3 Å². The molecule has 0 saturated heterocycles. The number of carbonyl (C=O) groups is 1. The molecular formula is C21H11Cl3F6N2O5S. The van der Waals surface area contributed by atoms with Gasteiger partial charge in [-0.15, -0.1) is 0 Å². The van der Waals surface area contributed by atoms with Crippen molar-refractivity contribution in [3.05, 3.63) is 74.7 Å². The van der Waals surface area contributed by atoms with Crippen LogP contribution in [0.1, 0.15) is 11.1 Å². The maximum atomic E-state index is 13.1. The van der Waals surface area contributed by atoms with E-state index in [0.717, 1.165) is 24.3 Å². The molecule has 3 aromatic rings. The van der Waals surface area contributed by atoms with Gasteiger partial charge < -0.3 is 15.4 Å². The van der Waals surface area contributed by atoms with Gasteiger partial charge in [0.05, 0.1) is 26.2 Å². The van der Waals surface area contributed by atoms with Crippen LogP contribution in [0.4, 0.5) is 42.5 Å². The van der Waals surface area contributed by atoms with Crippen LogP contribution in [0.3, 0.4) is 0 Å². The number of nitrogens with one attached hydrogen (secondary N) is 2. The van der Waals surface area contributed by atoms with E-state index >= 15 is 0 Å². The Bertz CT molecular complexity index is 1500. The summed E-state index contributed by atoms with van der Waals surface area (Å²) in [6.07, 6.45) is -9.55. The lowest BCUT2D eigenvalue weighted by Crippen LogP contribution is -2.21. The quantitative estimate of drug-likeness (QED) is 0.196. The first-order valence-corrected chi connectivity index (χ1v) is 12.2. The van der Waals surface area contributed by atoms with Gasteiger partial charge in [-0.2, -0.15) is 34.8 Å². The molecule has 0 aliphatic rings. The van der Waals surface area contributed by atoms with Gasteiger partial charge in [-0.3, -0.25) is 4.55 Å². The van der Waals surface area contributed by atoms with Gasteiger partial charge in [0.15, 0.2) is 5.75 Å². The van der Waals surface area contributed by atoms with Crippen LogP contribution in [-0.4, -0.2) is 19.0 Å². The maximum absolute atomic E-state index is 13.1. The van der Waals surface area contributed by atoms with Gasteiger partial charge in [-0.1, -0.05) is 34.8 Å². The topological polar surface area (TPSA) is 105 Å². The Labute approximate surface area is 225 Å². The largest absolute Gasteiger partial charge is 0.454 e. The fraction of sp³-hybridized carbons (Fsp3) is 0.0952. The molecule has 7 nitrogen and oxygen atoms in total. The number of anilines is 2. The van der Waals surface area contributed by atoms with Crippen LogP contribution in [0.25, 0.3) is 0 Å². The first-order chi connectivity index (χ1) is 17.4. The van der Waals surface area contributed by atoms with Crippen molar-refractivity contribution in [1.29, 1.82) is 0 Å². The molecule has 0 heterocycles. The van der Waals surface area contributed by atoms with Crippen molar-refractivity contribution in [2.45, 2.75) is 17.2 Å². The minimum absolute atomic E-state index is 0.378. The second-order valence-electron chi connectivity index (χ2n) is 7.25. The molecule has 0 unspecified atom stereocenters. The lowest BCUT2D eigenvalue weighted by molar-refractivity contribution is -0.138. The Balaban J connectivity index is 2.03. The Hall–Kier alpha value is -2.91. The first kappa shape index (κ1) is 29.6. The van der Waals surface area contributed by atoms with Gasteiger partial charge in [0.2, 0.25) is 0 Å². The zero-order valence-electron chi connectivity index (χ0n) is 18.0. The van der Waals surface area contributed by atoms with Gasteiger partial charge in [0, 0.05) is 5.69 Å². The molecule has 0 bridgehead atoms. The number of amides is 2.